The number of hydrogen-bond acceptors (Lipinski definition) is 4. The lowest BCUT2D eigenvalue weighted by molar-refractivity contribution is 0.0914. The summed E-state index contributed by atoms with van der Waals surface area (Å²) in [6.07, 6.45) is 0.920. The molecule has 0 bridgehead atoms. The van der Waals surface area contributed by atoms with Gasteiger partial charge in [0, 0.05) is 36.3 Å². The van der Waals surface area contributed by atoms with E-state index in [9.17, 15) is 4.79 Å². The number of hydrogen-bond donors (Lipinski definition) is 2. The molecule has 1 fully saturated rings. The Morgan fingerprint density at radius 3 is 3.12 bits per heavy atom. The number of amides is 1. The van der Waals surface area contributed by atoms with Gasteiger partial charge in [-0.25, -0.2) is 0 Å². The minimum absolute atomic E-state index is 0.231. The molecule has 3 heterocycles. The van der Waals surface area contributed by atoms with Crippen LogP contribution in [0.4, 0.5) is 0 Å². The predicted molar refractivity (Wildman–Crippen MR) is 88.9 cm³/mol. The number of rotatable bonds is 4. The van der Waals surface area contributed by atoms with E-state index in [0.717, 1.165) is 40.9 Å². The van der Waals surface area contributed by atoms with Gasteiger partial charge in [-0.1, -0.05) is 11.2 Å². The van der Waals surface area contributed by atoms with Crippen molar-refractivity contribution in [3.05, 3.63) is 53.0 Å². The zero-order valence-electron chi connectivity index (χ0n) is 13.5. The number of benzene rings is 1. The molecule has 1 saturated heterocycles. The molecule has 1 atom stereocenters. The zero-order valence-corrected chi connectivity index (χ0v) is 13.5. The lowest BCUT2D eigenvalue weighted by atomic mass is 10.1. The van der Waals surface area contributed by atoms with E-state index in [-0.39, 0.29) is 17.6 Å². The topological polar surface area (TPSA) is 80.2 Å². The van der Waals surface area contributed by atoms with Crippen LogP contribution in [0.2, 0.25) is 0 Å². The summed E-state index contributed by atoms with van der Waals surface area (Å²) in [5, 5.41) is 8.02. The van der Waals surface area contributed by atoms with E-state index >= 15 is 0 Å². The van der Waals surface area contributed by atoms with Gasteiger partial charge in [0.1, 0.15) is 0 Å². The summed E-state index contributed by atoms with van der Waals surface area (Å²) >= 11 is 0. The minimum Gasteiger partial charge on any atom is -0.381 e. The van der Waals surface area contributed by atoms with Gasteiger partial charge in [0.25, 0.3) is 5.91 Å². The first-order chi connectivity index (χ1) is 11.7. The van der Waals surface area contributed by atoms with Gasteiger partial charge in [-0.05, 0) is 42.5 Å². The van der Waals surface area contributed by atoms with Crippen molar-refractivity contribution in [2.45, 2.75) is 25.8 Å². The van der Waals surface area contributed by atoms with Gasteiger partial charge < -0.3 is 19.6 Å². The average molecular weight is 325 g/mol. The Balaban J connectivity index is 1.41. The van der Waals surface area contributed by atoms with Crippen molar-refractivity contribution in [3.8, 4) is 0 Å². The molecule has 0 spiro atoms. The number of H-pyrrole nitrogens is 1. The van der Waals surface area contributed by atoms with Crippen LogP contribution in [-0.2, 0) is 11.3 Å². The van der Waals surface area contributed by atoms with Crippen LogP contribution in [0.25, 0.3) is 10.9 Å². The van der Waals surface area contributed by atoms with Crippen LogP contribution in [-0.4, -0.2) is 29.3 Å². The zero-order chi connectivity index (χ0) is 16.5. The third kappa shape index (κ3) is 2.92. The fourth-order valence-electron chi connectivity index (χ4n) is 3.06. The Labute approximate surface area is 139 Å². The minimum atomic E-state index is -0.252. The van der Waals surface area contributed by atoms with Gasteiger partial charge >= 0.3 is 0 Å². The van der Waals surface area contributed by atoms with E-state index in [1.165, 1.54) is 0 Å². The lowest BCUT2D eigenvalue weighted by Crippen LogP contribution is -2.22. The molecule has 0 unspecified atom stereocenters. The normalized spacial score (nSPS) is 17.5. The van der Waals surface area contributed by atoms with E-state index in [1.54, 1.807) is 6.07 Å². The molecule has 0 radical (unpaired) electrons. The molecule has 124 valence electrons. The first kappa shape index (κ1) is 15.0. The molecule has 0 aliphatic carbocycles. The molecule has 1 aliphatic heterocycles. The van der Waals surface area contributed by atoms with Gasteiger partial charge in [0.15, 0.2) is 0 Å². The smallest absolute Gasteiger partial charge is 0.290 e. The van der Waals surface area contributed by atoms with Crippen LogP contribution in [0, 0.1) is 6.92 Å². The second-order valence-electron chi connectivity index (χ2n) is 6.23. The Morgan fingerprint density at radius 1 is 1.38 bits per heavy atom. The third-order valence-electron chi connectivity index (χ3n) is 4.37. The number of aromatic amines is 1. The second kappa shape index (κ2) is 6.13. The number of ether oxygens (including phenoxy) is 1. The molecular weight excluding hydrogens is 306 g/mol. The Kier molecular flexibility index (Phi) is 3.82. The first-order valence-electron chi connectivity index (χ1n) is 8.10. The first-order valence-corrected chi connectivity index (χ1v) is 8.10. The highest BCUT2D eigenvalue weighted by Gasteiger charge is 2.23. The monoisotopic (exact) mass is 325 g/mol. The maximum atomic E-state index is 12.2. The maximum Gasteiger partial charge on any atom is 0.290 e. The second-order valence-corrected chi connectivity index (χ2v) is 6.23. The number of carbonyl (C=O) groups is 1. The van der Waals surface area contributed by atoms with Crippen molar-refractivity contribution >= 4 is 16.8 Å². The molecule has 2 N–H and O–H groups in total. The van der Waals surface area contributed by atoms with Crippen molar-refractivity contribution in [2.24, 2.45) is 0 Å². The summed E-state index contributed by atoms with van der Waals surface area (Å²) in [7, 11) is 0. The molecule has 2 aromatic heterocycles. The third-order valence-corrected chi connectivity index (χ3v) is 4.37. The molecule has 0 saturated carbocycles. The molecular formula is C18H19N3O3. The Hall–Kier alpha value is -2.60. The highest BCUT2D eigenvalue weighted by atomic mass is 16.5. The number of nitrogens with one attached hydrogen (secondary N) is 2. The number of aryl methyl sites for hydroxylation is 1. The number of fused-ring (bicyclic) bond motifs is 1. The number of aromatic nitrogens is 2. The van der Waals surface area contributed by atoms with Crippen LogP contribution in [0.3, 0.4) is 0 Å². The van der Waals surface area contributed by atoms with Crippen LogP contribution in [0.5, 0.6) is 0 Å². The molecule has 6 heteroatoms. The Morgan fingerprint density at radius 2 is 2.29 bits per heavy atom. The summed E-state index contributed by atoms with van der Waals surface area (Å²) in [6.45, 7) is 3.85. The van der Waals surface area contributed by atoms with Gasteiger partial charge in [0.05, 0.1) is 12.3 Å². The highest BCUT2D eigenvalue weighted by molar-refractivity contribution is 5.91. The number of nitrogens with zero attached hydrogens (tertiary/aromatic N) is 1. The maximum absolute atomic E-state index is 12.2. The summed E-state index contributed by atoms with van der Waals surface area (Å²) in [5.41, 5.74) is 4.05. The fraction of sp³-hybridized carbons (Fsp3) is 0.333. The molecule has 1 aliphatic rings. The Bertz CT molecular complexity index is 875. The van der Waals surface area contributed by atoms with E-state index in [2.05, 4.69) is 27.6 Å². The largest absolute Gasteiger partial charge is 0.381 e. The van der Waals surface area contributed by atoms with Crippen molar-refractivity contribution in [2.75, 3.05) is 13.2 Å². The summed E-state index contributed by atoms with van der Waals surface area (Å²) in [4.78, 5) is 15.5. The molecule has 1 amide bonds. The van der Waals surface area contributed by atoms with E-state index in [1.807, 2.05) is 19.1 Å². The van der Waals surface area contributed by atoms with Crippen molar-refractivity contribution in [1.29, 1.82) is 0 Å². The highest BCUT2D eigenvalue weighted by Crippen LogP contribution is 2.24. The van der Waals surface area contributed by atoms with Crippen molar-refractivity contribution in [3.63, 3.8) is 0 Å². The van der Waals surface area contributed by atoms with Gasteiger partial charge in [0.2, 0.25) is 5.76 Å². The van der Waals surface area contributed by atoms with E-state index in [4.69, 9.17) is 9.26 Å². The average Bonchev–Trinajstić information content (AvgIpc) is 3.30. The van der Waals surface area contributed by atoms with E-state index in [0.29, 0.717) is 13.2 Å². The molecule has 3 aromatic rings. The van der Waals surface area contributed by atoms with Crippen LogP contribution in [0.1, 0.15) is 39.8 Å². The van der Waals surface area contributed by atoms with Gasteiger partial charge in [-0.2, -0.15) is 0 Å². The molecule has 1 aromatic carbocycles. The van der Waals surface area contributed by atoms with Crippen LogP contribution >= 0.6 is 0 Å². The van der Waals surface area contributed by atoms with E-state index < -0.39 is 0 Å². The summed E-state index contributed by atoms with van der Waals surface area (Å²) in [6, 6.07) is 9.90. The quantitative estimate of drug-likeness (QED) is 0.773. The van der Waals surface area contributed by atoms with Gasteiger partial charge in [-0.3, -0.25) is 4.79 Å². The fourth-order valence-corrected chi connectivity index (χ4v) is 3.06. The van der Waals surface area contributed by atoms with Crippen LogP contribution in [0.15, 0.2) is 34.9 Å². The SMILES string of the molecule is Cc1cc2cc(CNC(=O)c3cc([C@@H]4CCOC4)no3)ccc2[nH]1. The molecule has 6 nitrogen and oxygen atoms in total. The van der Waals surface area contributed by atoms with Crippen molar-refractivity contribution in [1.82, 2.24) is 15.5 Å². The molecule has 24 heavy (non-hydrogen) atoms. The predicted octanol–water partition coefficient (Wildman–Crippen LogP) is 2.90. The van der Waals surface area contributed by atoms with Crippen LogP contribution < -0.4 is 5.32 Å². The van der Waals surface area contributed by atoms with Gasteiger partial charge in [-0.15, -0.1) is 0 Å². The lowest BCUT2D eigenvalue weighted by Gasteiger charge is -2.03. The number of carbonyl (C=O) groups excluding carboxylic acids is 1. The summed E-state index contributed by atoms with van der Waals surface area (Å²) < 4.78 is 10.5. The standard InChI is InChI=1S/C18H19N3O3/c1-11-6-14-7-12(2-3-15(14)20-11)9-19-18(22)17-8-16(21-24-17)13-4-5-23-10-13/h2-3,6-8,13,20H,4-5,9-10H2,1H3,(H,19,22)/t13-/m1/s1. The van der Waals surface area contributed by atoms with Crippen molar-refractivity contribution < 1.29 is 14.1 Å². The summed E-state index contributed by atoms with van der Waals surface area (Å²) in [5.74, 6) is 0.225. The molecule has 4 rings (SSSR count).